The molecule has 3 rings (SSSR count). The number of hydrogen-bond donors (Lipinski definition) is 2. The summed E-state index contributed by atoms with van der Waals surface area (Å²) in [6.07, 6.45) is 13.5. The standard InChI is InChI=1S/C34H44N2O4S/c1-6-8-12-25(7-2)20-27-15-16-28(23-40-4)36(27)22-26-14-17-30(31(21-26)29-13-10-9-11-24(29)3)33(37)35-32(34(38)39)18-19-41-5/h6-14,17,21,27-28,32H,1,15-16,18-20,22-23H2,2-5H3,(H,35,37)(H,38,39)/b12-8-,25-7+/t27?,28-,32?/m1/s1. The average Bonchev–Trinajstić information content (AvgIpc) is 3.33. The van der Waals surface area contributed by atoms with Crippen LogP contribution in [0.1, 0.15) is 54.1 Å². The topological polar surface area (TPSA) is 78.9 Å². The molecule has 0 saturated carbocycles. The van der Waals surface area contributed by atoms with Crippen molar-refractivity contribution in [3.05, 3.63) is 95.6 Å². The number of nitrogens with zero attached hydrogens (tertiary/aromatic N) is 1. The van der Waals surface area contributed by atoms with Gasteiger partial charge in [0.25, 0.3) is 5.91 Å². The van der Waals surface area contributed by atoms with Crippen molar-refractivity contribution in [3.63, 3.8) is 0 Å². The first-order valence-corrected chi connectivity index (χ1v) is 15.6. The molecule has 220 valence electrons. The quantitative estimate of drug-likeness (QED) is 0.231. The molecule has 2 aromatic rings. The molecule has 7 heteroatoms. The normalized spacial score (nSPS) is 18.5. The molecule has 1 aliphatic heterocycles. The van der Waals surface area contributed by atoms with Crippen molar-refractivity contribution in [1.82, 2.24) is 10.2 Å². The van der Waals surface area contributed by atoms with Crippen molar-refractivity contribution in [2.75, 3.05) is 25.7 Å². The van der Waals surface area contributed by atoms with Gasteiger partial charge in [0.1, 0.15) is 6.04 Å². The summed E-state index contributed by atoms with van der Waals surface area (Å²) >= 11 is 1.56. The van der Waals surface area contributed by atoms with Gasteiger partial charge in [-0.1, -0.05) is 66.8 Å². The largest absolute Gasteiger partial charge is 0.480 e. The van der Waals surface area contributed by atoms with Gasteiger partial charge in [-0.25, -0.2) is 4.79 Å². The van der Waals surface area contributed by atoms with E-state index in [9.17, 15) is 14.7 Å². The molecule has 0 bridgehead atoms. The number of rotatable bonds is 15. The molecule has 3 atom stereocenters. The molecule has 2 aromatic carbocycles. The fourth-order valence-electron chi connectivity index (χ4n) is 5.53. The second-order valence-corrected chi connectivity index (χ2v) is 11.5. The molecule has 1 aliphatic rings. The Morgan fingerprint density at radius 1 is 1.20 bits per heavy atom. The number of allylic oxidation sites excluding steroid dienone is 4. The minimum Gasteiger partial charge on any atom is -0.480 e. The molecule has 1 amide bonds. The minimum atomic E-state index is -1.02. The summed E-state index contributed by atoms with van der Waals surface area (Å²) < 4.78 is 5.60. The van der Waals surface area contributed by atoms with Crippen LogP contribution in [0.5, 0.6) is 0 Å². The van der Waals surface area contributed by atoms with E-state index in [1.54, 1.807) is 24.9 Å². The van der Waals surface area contributed by atoms with E-state index in [1.807, 2.05) is 55.7 Å². The highest BCUT2D eigenvalue weighted by molar-refractivity contribution is 7.98. The minimum absolute atomic E-state index is 0.309. The van der Waals surface area contributed by atoms with E-state index in [1.165, 1.54) is 5.57 Å². The molecule has 0 spiro atoms. The third-order valence-corrected chi connectivity index (χ3v) is 8.41. The van der Waals surface area contributed by atoms with Gasteiger partial charge in [0.15, 0.2) is 0 Å². The van der Waals surface area contributed by atoms with Gasteiger partial charge in [0.05, 0.1) is 6.61 Å². The zero-order chi connectivity index (χ0) is 29.8. The Morgan fingerprint density at radius 2 is 1.95 bits per heavy atom. The van der Waals surface area contributed by atoms with Crippen molar-refractivity contribution in [1.29, 1.82) is 0 Å². The van der Waals surface area contributed by atoms with Gasteiger partial charge in [-0.15, -0.1) is 0 Å². The average molecular weight is 577 g/mol. The van der Waals surface area contributed by atoms with E-state index in [0.717, 1.165) is 48.1 Å². The molecule has 1 saturated heterocycles. The summed E-state index contributed by atoms with van der Waals surface area (Å²) in [5, 5.41) is 12.5. The number of carboxylic acids is 1. The number of carbonyl (C=O) groups is 2. The molecule has 6 nitrogen and oxygen atoms in total. The number of aliphatic carboxylic acids is 1. The number of likely N-dealkylation sites (tertiary alicyclic amines) is 1. The lowest BCUT2D eigenvalue weighted by Crippen LogP contribution is -2.41. The number of amides is 1. The monoisotopic (exact) mass is 576 g/mol. The Kier molecular flexibility index (Phi) is 12.9. The Hall–Kier alpha value is -3.13. The Bertz CT molecular complexity index is 1260. The number of carboxylic acid groups (broad SMARTS) is 1. The summed E-state index contributed by atoms with van der Waals surface area (Å²) in [4.78, 5) is 27.9. The lowest BCUT2D eigenvalue weighted by molar-refractivity contribution is -0.139. The van der Waals surface area contributed by atoms with Gasteiger partial charge in [0.2, 0.25) is 0 Å². The van der Waals surface area contributed by atoms with Gasteiger partial charge in [-0.2, -0.15) is 11.8 Å². The van der Waals surface area contributed by atoms with Crippen LogP contribution >= 0.6 is 11.8 Å². The lowest BCUT2D eigenvalue weighted by atomic mass is 9.93. The van der Waals surface area contributed by atoms with Crippen molar-refractivity contribution in [2.24, 2.45) is 0 Å². The highest BCUT2D eigenvalue weighted by atomic mass is 32.2. The van der Waals surface area contributed by atoms with E-state index in [4.69, 9.17) is 4.74 Å². The van der Waals surface area contributed by atoms with E-state index in [2.05, 4.69) is 41.9 Å². The third kappa shape index (κ3) is 8.93. The fraction of sp³-hybridized carbons (Fsp3) is 0.412. The number of aryl methyl sites for hydroxylation is 1. The molecule has 1 fully saturated rings. The van der Waals surface area contributed by atoms with E-state index < -0.39 is 12.0 Å². The third-order valence-electron chi connectivity index (χ3n) is 7.76. The zero-order valence-corrected chi connectivity index (χ0v) is 25.6. The van der Waals surface area contributed by atoms with Crippen molar-refractivity contribution < 1.29 is 19.4 Å². The van der Waals surface area contributed by atoms with E-state index in [-0.39, 0.29) is 5.91 Å². The van der Waals surface area contributed by atoms with Gasteiger partial charge in [-0.05, 0) is 85.9 Å². The molecular formula is C34H44N2O4S. The SMILES string of the molecule is C=C/C=C\C(=C/C)CC1CC[C@H](COC)N1Cc1ccc(C(=O)NC(CCSC)C(=O)O)c(-c2ccccc2C)c1. The van der Waals surface area contributed by atoms with Crippen LogP contribution in [0.3, 0.4) is 0 Å². The first kappa shape index (κ1) is 32.4. The molecular weight excluding hydrogens is 532 g/mol. The Labute approximate surface area is 249 Å². The highest BCUT2D eigenvalue weighted by Crippen LogP contribution is 2.33. The number of benzene rings is 2. The van der Waals surface area contributed by atoms with Gasteiger partial charge in [-0.3, -0.25) is 9.69 Å². The van der Waals surface area contributed by atoms with Crippen LogP contribution in [-0.2, 0) is 16.1 Å². The maximum absolute atomic E-state index is 13.5. The van der Waals surface area contributed by atoms with E-state index in [0.29, 0.717) is 36.4 Å². The van der Waals surface area contributed by atoms with Crippen molar-refractivity contribution in [3.8, 4) is 11.1 Å². The molecule has 0 radical (unpaired) electrons. The number of thioether (sulfide) groups is 1. The second-order valence-electron chi connectivity index (χ2n) is 10.5. The number of ether oxygens (including phenoxy) is 1. The lowest BCUT2D eigenvalue weighted by Gasteiger charge is -2.31. The first-order valence-electron chi connectivity index (χ1n) is 14.2. The van der Waals surface area contributed by atoms with Crippen LogP contribution in [0.4, 0.5) is 0 Å². The van der Waals surface area contributed by atoms with Crippen LogP contribution in [0.25, 0.3) is 11.1 Å². The van der Waals surface area contributed by atoms with Crippen LogP contribution in [0, 0.1) is 6.92 Å². The van der Waals surface area contributed by atoms with Crippen LogP contribution in [0.15, 0.2) is 78.9 Å². The van der Waals surface area contributed by atoms with Gasteiger partial charge in [0, 0.05) is 31.3 Å². The summed E-state index contributed by atoms with van der Waals surface area (Å²) in [5.41, 5.74) is 5.70. The fourth-order valence-corrected chi connectivity index (χ4v) is 6.01. The molecule has 41 heavy (non-hydrogen) atoms. The summed E-state index contributed by atoms with van der Waals surface area (Å²) in [6.45, 7) is 9.30. The van der Waals surface area contributed by atoms with Crippen molar-refractivity contribution >= 4 is 23.6 Å². The number of nitrogens with one attached hydrogen (secondary N) is 1. The summed E-state index contributed by atoms with van der Waals surface area (Å²) in [6, 6.07) is 13.7. The smallest absolute Gasteiger partial charge is 0.326 e. The zero-order valence-electron chi connectivity index (χ0n) is 24.8. The summed E-state index contributed by atoms with van der Waals surface area (Å²) in [7, 11) is 1.75. The van der Waals surface area contributed by atoms with E-state index >= 15 is 0 Å². The van der Waals surface area contributed by atoms with Crippen molar-refractivity contribution in [2.45, 2.75) is 64.2 Å². The number of hydrogen-bond acceptors (Lipinski definition) is 5. The maximum atomic E-state index is 13.5. The highest BCUT2D eigenvalue weighted by Gasteiger charge is 2.33. The number of methoxy groups -OCH3 is 1. The first-order chi connectivity index (χ1) is 19.8. The van der Waals surface area contributed by atoms with Crippen LogP contribution < -0.4 is 5.32 Å². The summed E-state index contributed by atoms with van der Waals surface area (Å²) in [5.74, 6) is -0.737. The van der Waals surface area contributed by atoms with Crippen LogP contribution in [-0.4, -0.2) is 65.7 Å². The van der Waals surface area contributed by atoms with Gasteiger partial charge < -0.3 is 15.2 Å². The van der Waals surface area contributed by atoms with Gasteiger partial charge >= 0.3 is 5.97 Å². The Morgan fingerprint density at radius 3 is 2.61 bits per heavy atom. The predicted molar refractivity (Wildman–Crippen MR) is 170 cm³/mol. The maximum Gasteiger partial charge on any atom is 0.326 e. The number of carbonyl (C=O) groups excluding carboxylic acids is 1. The molecule has 0 aromatic heterocycles. The predicted octanol–water partition coefficient (Wildman–Crippen LogP) is 6.66. The van der Waals surface area contributed by atoms with Crippen LogP contribution in [0.2, 0.25) is 0 Å². The molecule has 0 aliphatic carbocycles. The molecule has 2 N–H and O–H groups in total. The second kappa shape index (κ2) is 16.3. The Balaban J connectivity index is 1.97. The molecule has 2 unspecified atom stereocenters. The molecule has 1 heterocycles.